The van der Waals surface area contributed by atoms with E-state index in [4.69, 9.17) is 4.74 Å². The Morgan fingerprint density at radius 1 is 1.30 bits per heavy atom. The fourth-order valence-corrected chi connectivity index (χ4v) is 2.83. The molecule has 1 aromatic carbocycles. The van der Waals surface area contributed by atoms with Crippen molar-refractivity contribution in [2.45, 2.75) is 37.6 Å². The summed E-state index contributed by atoms with van der Waals surface area (Å²) < 4.78 is 5.59. The van der Waals surface area contributed by atoms with Gasteiger partial charge in [-0.1, -0.05) is 49.0 Å². The van der Waals surface area contributed by atoms with Crippen LogP contribution in [0.5, 0.6) is 5.88 Å². The Bertz CT molecular complexity index is 650. The Morgan fingerprint density at radius 3 is 2.70 bits per heavy atom. The van der Waals surface area contributed by atoms with Crippen LogP contribution in [0.3, 0.4) is 0 Å². The lowest BCUT2D eigenvalue weighted by atomic mass is 10.2. The highest BCUT2D eigenvalue weighted by Gasteiger charge is 2.12. The molecule has 23 heavy (non-hydrogen) atoms. The first-order valence-electron chi connectivity index (χ1n) is 7.59. The predicted octanol–water partition coefficient (Wildman–Crippen LogP) is 4.08. The molecule has 122 valence electrons. The Morgan fingerprint density at radius 2 is 2.04 bits per heavy atom. The third-order valence-electron chi connectivity index (χ3n) is 2.99. The van der Waals surface area contributed by atoms with Crippen LogP contribution in [0, 0.1) is 0 Å². The second-order valence-corrected chi connectivity index (χ2v) is 6.38. The molecule has 1 heterocycles. The SMILES string of the molecule is CCCOc1cc(NC(C)=O)nc(S[C@@H](C)c2ccccc2)n1. The number of carbonyl (C=O) groups excluding carboxylic acids is 1. The van der Waals surface area contributed by atoms with Crippen LogP contribution in [-0.2, 0) is 4.79 Å². The fourth-order valence-electron chi connectivity index (χ4n) is 1.93. The van der Waals surface area contributed by atoms with Crippen molar-refractivity contribution < 1.29 is 9.53 Å². The molecule has 0 bridgehead atoms. The lowest BCUT2D eigenvalue weighted by molar-refractivity contribution is -0.114. The zero-order valence-electron chi connectivity index (χ0n) is 13.6. The third-order valence-corrected chi connectivity index (χ3v) is 4.01. The summed E-state index contributed by atoms with van der Waals surface area (Å²) in [5.41, 5.74) is 1.20. The molecule has 0 unspecified atom stereocenters. The quantitative estimate of drug-likeness (QED) is 0.612. The maximum atomic E-state index is 11.3. The number of anilines is 1. The van der Waals surface area contributed by atoms with Crippen molar-refractivity contribution in [1.29, 1.82) is 0 Å². The van der Waals surface area contributed by atoms with Crippen molar-refractivity contribution in [3.8, 4) is 5.88 Å². The van der Waals surface area contributed by atoms with E-state index in [0.29, 0.717) is 23.5 Å². The normalized spacial score (nSPS) is 11.8. The number of carbonyl (C=O) groups is 1. The molecule has 0 aliphatic heterocycles. The highest BCUT2D eigenvalue weighted by atomic mass is 32.2. The summed E-state index contributed by atoms with van der Waals surface area (Å²) in [4.78, 5) is 20.1. The monoisotopic (exact) mass is 331 g/mol. The summed E-state index contributed by atoms with van der Waals surface area (Å²) in [6, 6.07) is 11.8. The highest BCUT2D eigenvalue weighted by Crippen LogP contribution is 2.34. The van der Waals surface area contributed by atoms with Gasteiger partial charge >= 0.3 is 0 Å². The molecule has 1 N–H and O–H groups in total. The molecule has 1 aromatic heterocycles. The van der Waals surface area contributed by atoms with Crippen LogP contribution in [0.15, 0.2) is 41.6 Å². The summed E-state index contributed by atoms with van der Waals surface area (Å²) in [6.07, 6.45) is 0.891. The number of nitrogens with zero attached hydrogens (tertiary/aromatic N) is 2. The number of amides is 1. The van der Waals surface area contributed by atoms with Crippen LogP contribution >= 0.6 is 11.8 Å². The molecule has 2 rings (SSSR count). The van der Waals surface area contributed by atoms with Gasteiger partial charge in [0.05, 0.1) is 6.61 Å². The van der Waals surface area contributed by atoms with Gasteiger partial charge in [0.1, 0.15) is 5.82 Å². The average molecular weight is 331 g/mol. The number of hydrogen-bond donors (Lipinski definition) is 1. The van der Waals surface area contributed by atoms with Crippen LogP contribution in [0.2, 0.25) is 0 Å². The zero-order chi connectivity index (χ0) is 16.7. The molecule has 1 amide bonds. The minimum Gasteiger partial charge on any atom is -0.478 e. The van der Waals surface area contributed by atoms with Crippen LogP contribution < -0.4 is 10.1 Å². The van der Waals surface area contributed by atoms with Crippen molar-refractivity contribution in [3.05, 3.63) is 42.0 Å². The Hall–Kier alpha value is -2.08. The number of rotatable bonds is 7. The molecule has 5 nitrogen and oxygen atoms in total. The summed E-state index contributed by atoms with van der Waals surface area (Å²) in [5.74, 6) is 0.770. The maximum Gasteiger partial charge on any atom is 0.222 e. The van der Waals surface area contributed by atoms with Gasteiger partial charge < -0.3 is 10.1 Å². The van der Waals surface area contributed by atoms with Gasteiger partial charge in [-0.15, -0.1) is 0 Å². The van der Waals surface area contributed by atoms with E-state index in [1.807, 2.05) is 25.1 Å². The molecule has 0 aliphatic carbocycles. The topological polar surface area (TPSA) is 64.1 Å². The van der Waals surface area contributed by atoms with Gasteiger partial charge in [-0.2, -0.15) is 4.98 Å². The number of thioether (sulfide) groups is 1. The number of hydrogen-bond acceptors (Lipinski definition) is 5. The lowest BCUT2D eigenvalue weighted by Gasteiger charge is -2.13. The van der Waals surface area contributed by atoms with Crippen molar-refractivity contribution in [2.24, 2.45) is 0 Å². The largest absolute Gasteiger partial charge is 0.478 e. The standard InChI is InChI=1S/C17H21N3O2S/c1-4-10-22-16-11-15(18-13(3)21)19-17(20-16)23-12(2)14-8-6-5-7-9-14/h5-9,11-12H,4,10H2,1-3H3,(H,18,19,20,21)/t12-/m0/s1. The van der Waals surface area contributed by atoms with E-state index in [1.54, 1.807) is 6.07 Å². The maximum absolute atomic E-state index is 11.3. The Kier molecular flexibility index (Phi) is 6.40. The van der Waals surface area contributed by atoms with Crippen LogP contribution in [0.4, 0.5) is 5.82 Å². The minimum atomic E-state index is -0.169. The predicted molar refractivity (Wildman–Crippen MR) is 92.8 cm³/mol. The van der Waals surface area contributed by atoms with Crippen LogP contribution in [-0.4, -0.2) is 22.5 Å². The van der Waals surface area contributed by atoms with E-state index in [0.717, 1.165) is 6.42 Å². The second kappa shape index (κ2) is 8.53. The molecular weight excluding hydrogens is 310 g/mol. The number of benzene rings is 1. The first kappa shape index (κ1) is 17.3. The van der Waals surface area contributed by atoms with E-state index in [1.165, 1.54) is 24.2 Å². The molecule has 0 saturated carbocycles. The molecule has 6 heteroatoms. The Balaban J connectivity index is 2.20. The third kappa shape index (κ3) is 5.56. The molecule has 0 saturated heterocycles. The van der Waals surface area contributed by atoms with Crippen molar-refractivity contribution in [2.75, 3.05) is 11.9 Å². The van der Waals surface area contributed by atoms with Gasteiger partial charge in [0.15, 0.2) is 5.16 Å². The highest BCUT2D eigenvalue weighted by molar-refractivity contribution is 7.99. The summed E-state index contributed by atoms with van der Waals surface area (Å²) in [6.45, 7) is 6.16. The van der Waals surface area contributed by atoms with Crippen molar-refractivity contribution >= 4 is 23.5 Å². The van der Waals surface area contributed by atoms with Crippen molar-refractivity contribution in [1.82, 2.24) is 9.97 Å². The van der Waals surface area contributed by atoms with E-state index in [-0.39, 0.29) is 11.2 Å². The van der Waals surface area contributed by atoms with Gasteiger partial charge in [0, 0.05) is 18.2 Å². The molecule has 2 aromatic rings. The van der Waals surface area contributed by atoms with Gasteiger partial charge in [-0.05, 0) is 18.9 Å². The molecular formula is C17H21N3O2S. The van der Waals surface area contributed by atoms with Gasteiger partial charge in [0.25, 0.3) is 0 Å². The molecule has 0 radical (unpaired) electrons. The molecule has 0 fully saturated rings. The zero-order valence-corrected chi connectivity index (χ0v) is 14.4. The first-order valence-corrected chi connectivity index (χ1v) is 8.47. The van der Waals surface area contributed by atoms with Crippen molar-refractivity contribution in [3.63, 3.8) is 0 Å². The summed E-state index contributed by atoms with van der Waals surface area (Å²) in [7, 11) is 0. The summed E-state index contributed by atoms with van der Waals surface area (Å²) >= 11 is 1.53. The average Bonchev–Trinajstić information content (AvgIpc) is 2.53. The van der Waals surface area contributed by atoms with E-state index >= 15 is 0 Å². The summed E-state index contributed by atoms with van der Waals surface area (Å²) in [5, 5.41) is 3.47. The van der Waals surface area contributed by atoms with E-state index < -0.39 is 0 Å². The van der Waals surface area contributed by atoms with Gasteiger partial charge in [-0.3, -0.25) is 4.79 Å². The van der Waals surface area contributed by atoms with Gasteiger partial charge in [0.2, 0.25) is 11.8 Å². The molecule has 1 atom stereocenters. The number of nitrogens with one attached hydrogen (secondary N) is 1. The van der Waals surface area contributed by atoms with Crippen LogP contribution in [0.1, 0.15) is 38.0 Å². The fraction of sp³-hybridized carbons (Fsp3) is 0.353. The van der Waals surface area contributed by atoms with E-state index in [2.05, 4.69) is 34.3 Å². The van der Waals surface area contributed by atoms with Gasteiger partial charge in [-0.25, -0.2) is 4.98 Å². The second-order valence-electron chi connectivity index (χ2n) is 5.07. The van der Waals surface area contributed by atoms with E-state index in [9.17, 15) is 4.79 Å². The Labute approximate surface area is 140 Å². The minimum absolute atomic E-state index is 0.169. The smallest absolute Gasteiger partial charge is 0.222 e. The van der Waals surface area contributed by atoms with Crippen LogP contribution in [0.25, 0.3) is 0 Å². The first-order chi connectivity index (χ1) is 11.1. The molecule has 0 spiro atoms. The molecule has 0 aliphatic rings. The lowest BCUT2D eigenvalue weighted by Crippen LogP contribution is -2.09. The number of aromatic nitrogens is 2. The number of ether oxygens (including phenoxy) is 1.